The Hall–Kier alpha value is -1.26. The molecule has 4 heteroatoms. The van der Waals surface area contributed by atoms with E-state index in [0.717, 1.165) is 37.6 Å². The fraction of sp³-hybridized carbons (Fsp3) is 0.600. The Morgan fingerprint density at radius 3 is 2.68 bits per heavy atom. The van der Waals surface area contributed by atoms with Crippen molar-refractivity contribution in [2.75, 3.05) is 32.8 Å². The number of benzene rings is 1. The molecule has 1 fully saturated rings. The Labute approximate surface area is 114 Å². The summed E-state index contributed by atoms with van der Waals surface area (Å²) in [5.41, 5.74) is 7.46. The molecule has 0 aromatic heterocycles. The molecule has 2 aliphatic rings. The Morgan fingerprint density at radius 2 is 1.95 bits per heavy atom. The van der Waals surface area contributed by atoms with Crippen molar-refractivity contribution in [2.45, 2.75) is 19.3 Å². The van der Waals surface area contributed by atoms with Crippen LogP contribution in [0.1, 0.15) is 18.4 Å². The van der Waals surface area contributed by atoms with E-state index in [4.69, 9.17) is 15.2 Å². The van der Waals surface area contributed by atoms with Gasteiger partial charge < -0.3 is 20.5 Å². The lowest BCUT2D eigenvalue weighted by Gasteiger charge is -2.19. The summed E-state index contributed by atoms with van der Waals surface area (Å²) in [4.78, 5) is 0. The van der Waals surface area contributed by atoms with Gasteiger partial charge in [0, 0.05) is 6.54 Å². The van der Waals surface area contributed by atoms with Crippen LogP contribution in [0.5, 0.6) is 11.5 Å². The molecular weight excluding hydrogens is 240 g/mol. The van der Waals surface area contributed by atoms with Gasteiger partial charge in [0.05, 0.1) is 0 Å². The Bertz CT molecular complexity index is 444. The van der Waals surface area contributed by atoms with Crippen molar-refractivity contribution in [1.29, 1.82) is 0 Å². The van der Waals surface area contributed by atoms with Crippen LogP contribution in [0.25, 0.3) is 0 Å². The van der Waals surface area contributed by atoms with E-state index in [2.05, 4.69) is 17.4 Å². The number of ether oxygens (including phenoxy) is 2. The third kappa shape index (κ3) is 3.01. The van der Waals surface area contributed by atoms with E-state index in [1.54, 1.807) is 0 Å². The number of rotatable bonds is 6. The van der Waals surface area contributed by atoms with E-state index >= 15 is 0 Å². The van der Waals surface area contributed by atoms with Crippen LogP contribution in [0.3, 0.4) is 0 Å². The minimum absolute atomic E-state index is 0.410. The summed E-state index contributed by atoms with van der Waals surface area (Å²) >= 11 is 0. The maximum Gasteiger partial charge on any atom is 0.161 e. The van der Waals surface area contributed by atoms with Gasteiger partial charge in [0.15, 0.2) is 11.5 Å². The van der Waals surface area contributed by atoms with Crippen LogP contribution >= 0.6 is 0 Å². The van der Waals surface area contributed by atoms with Gasteiger partial charge in [-0.25, -0.2) is 0 Å². The molecule has 0 amide bonds. The van der Waals surface area contributed by atoms with Crippen molar-refractivity contribution in [3.63, 3.8) is 0 Å². The van der Waals surface area contributed by atoms with E-state index in [0.29, 0.717) is 18.6 Å². The SMILES string of the molecule is NCC1(CNCCc2ccc3c(c2)OCCO3)CC1. The molecule has 0 saturated heterocycles. The first-order valence-corrected chi connectivity index (χ1v) is 7.11. The molecule has 0 atom stereocenters. The van der Waals surface area contributed by atoms with Gasteiger partial charge in [0.1, 0.15) is 13.2 Å². The third-order valence-electron chi connectivity index (χ3n) is 4.09. The van der Waals surface area contributed by atoms with Crippen LogP contribution in [-0.4, -0.2) is 32.8 Å². The van der Waals surface area contributed by atoms with Crippen molar-refractivity contribution < 1.29 is 9.47 Å². The molecule has 0 spiro atoms. The van der Waals surface area contributed by atoms with Crippen molar-refractivity contribution in [1.82, 2.24) is 5.32 Å². The molecule has 0 bridgehead atoms. The Morgan fingerprint density at radius 1 is 1.16 bits per heavy atom. The van der Waals surface area contributed by atoms with Crippen molar-refractivity contribution in [3.05, 3.63) is 23.8 Å². The second-order valence-electron chi connectivity index (χ2n) is 5.61. The molecule has 1 saturated carbocycles. The number of hydrogen-bond acceptors (Lipinski definition) is 4. The van der Waals surface area contributed by atoms with Gasteiger partial charge in [0.2, 0.25) is 0 Å². The van der Waals surface area contributed by atoms with E-state index in [-0.39, 0.29) is 0 Å². The van der Waals surface area contributed by atoms with E-state index < -0.39 is 0 Å². The zero-order chi connectivity index (χ0) is 13.1. The average Bonchev–Trinajstić information content (AvgIpc) is 3.24. The van der Waals surface area contributed by atoms with Gasteiger partial charge in [-0.15, -0.1) is 0 Å². The molecule has 1 aliphatic carbocycles. The first kappa shape index (κ1) is 12.8. The highest BCUT2D eigenvalue weighted by Crippen LogP contribution is 2.43. The summed E-state index contributed by atoms with van der Waals surface area (Å²) in [6.45, 7) is 4.14. The number of nitrogens with one attached hydrogen (secondary N) is 1. The highest BCUT2D eigenvalue weighted by molar-refractivity contribution is 5.43. The standard InChI is InChI=1S/C15H22N2O2/c16-10-15(4-5-15)11-17-6-3-12-1-2-13-14(9-12)19-8-7-18-13/h1-2,9,17H,3-8,10-11,16H2. The molecule has 104 valence electrons. The molecule has 0 radical (unpaired) electrons. The first-order chi connectivity index (χ1) is 9.31. The minimum atomic E-state index is 0.410. The highest BCUT2D eigenvalue weighted by atomic mass is 16.6. The topological polar surface area (TPSA) is 56.5 Å². The molecule has 3 N–H and O–H groups in total. The number of fused-ring (bicyclic) bond motifs is 1. The second-order valence-corrected chi connectivity index (χ2v) is 5.61. The third-order valence-corrected chi connectivity index (χ3v) is 4.09. The summed E-state index contributed by atoms with van der Waals surface area (Å²) in [5.74, 6) is 1.74. The summed E-state index contributed by atoms with van der Waals surface area (Å²) in [7, 11) is 0. The van der Waals surface area contributed by atoms with Gasteiger partial charge in [-0.1, -0.05) is 6.07 Å². The molecule has 1 heterocycles. The van der Waals surface area contributed by atoms with Gasteiger partial charge in [0.25, 0.3) is 0 Å². The number of nitrogens with two attached hydrogens (primary N) is 1. The van der Waals surface area contributed by atoms with Crippen molar-refractivity contribution in [2.24, 2.45) is 11.1 Å². The maximum absolute atomic E-state index is 5.77. The van der Waals surface area contributed by atoms with Crippen LogP contribution in [-0.2, 0) is 6.42 Å². The predicted octanol–water partition coefficient (Wildman–Crippen LogP) is 1.33. The maximum atomic E-state index is 5.77. The summed E-state index contributed by atoms with van der Waals surface area (Å²) < 4.78 is 11.1. The predicted molar refractivity (Wildman–Crippen MR) is 74.7 cm³/mol. The zero-order valence-electron chi connectivity index (χ0n) is 11.3. The summed E-state index contributed by atoms with van der Waals surface area (Å²) in [6.07, 6.45) is 3.57. The lowest BCUT2D eigenvalue weighted by atomic mass is 10.1. The monoisotopic (exact) mass is 262 g/mol. The van der Waals surface area contributed by atoms with Gasteiger partial charge >= 0.3 is 0 Å². The molecule has 0 unspecified atom stereocenters. The van der Waals surface area contributed by atoms with Crippen LogP contribution in [0, 0.1) is 5.41 Å². The van der Waals surface area contributed by atoms with Crippen molar-refractivity contribution >= 4 is 0 Å². The molecular formula is C15H22N2O2. The Kier molecular flexibility index (Phi) is 3.62. The minimum Gasteiger partial charge on any atom is -0.486 e. The summed E-state index contributed by atoms with van der Waals surface area (Å²) in [5, 5.41) is 3.52. The summed E-state index contributed by atoms with van der Waals surface area (Å²) in [6, 6.07) is 6.21. The van der Waals surface area contributed by atoms with Crippen molar-refractivity contribution in [3.8, 4) is 11.5 Å². The molecule has 1 aromatic carbocycles. The molecule has 1 aliphatic heterocycles. The van der Waals surface area contributed by atoms with E-state index in [1.807, 2.05) is 6.07 Å². The lowest BCUT2D eigenvalue weighted by Crippen LogP contribution is -2.30. The van der Waals surface area contributed by atoms with Gasteiger partial charge in [-0.05, 0) is 55.5 Å². The number of hydrogen-bond donors (Lipinski definition) is 2. The molecule has 1 aromatic rings. The fourth-order valence-corrected chi connectivity index (χ4v) is 2.46. The lowest BCUT2D eigenvalue weighted by molar-refractivity contribution is 0.171. The van der Waals surface area contributed by atoms with Crippen LogP contribution in [0.2, 0.25) is 0 Å². The average molecular weight is 262 g/mol. The van der Waals surface area contributed by atoms with Crippen LogP contribution in [0.4, 0.5) is 0 Å². The zero-order valence-corrected chi connectivity index (χ0v) is 11.3. The smallest absolute Gasteiger partial charge is 0.161 e. The normalized spacial score (nSPS) is 19.2. The molecule has 4 nitrogen and oxygen atoms in total. The fourth-order valence-electron chi connectivity index (χ4n) is 2.46. The van der Waals surface area contributed by atoms with E-state index in [1.165, 1.54) is 18.4 Å². The van der Waals surface area contributed by atoms with E-state index in [9.17, 15) is 0 Å². The van der Waals surface area contributed by atoms with Crippen LogP contribution in [0.15, 0.2) is 18.2 Å². The largest absolute Gasteiger partial charge is 0.486 e. The van der Waals surface area contributed by atoms with Gasteiger partial charge in [-0.2, -0.15) is 0 Å². The highest BCUT2D eigenvalue weighted by Gasteiger charge is 2.40. The molecule has 19 heavy (non-hydrogen) atoms. The van der Waals surface area contributed by atoms with Gasteiger partial charge in [-0.3, -0.25) is 0 Å². The quantitative estimate of drug-likeness (QED) is 0.759. The molecule has 3 rings (SSSR count). The second kappa shape index (κ2) is 5.39. The Balaban J connectivity index is 1.47. The first-order valence-electron chi connectivity index (χ1n) is 7.11. The van der Waals surface area contributed by atoms with Crippen LogP contribution < -0.4 is 20.5 Å².